The highest BCUT2D eigenvalue weighted by atomic mass is 19.1. The fraction of sp³-hybridized carbons (Fsp3) is 0.300. The quantitative estimate of drug-likeness (QED) is 0.827. The first kappa shape index (κ1) is 17.9. The summed E-state index contributed by atoms with van der Waals surface area (Å²) in [6, 6.07) is 15.3. The maximum atomic E-state index is 13.5. The molecular weight excluding hydrogens is 335 g/mol. The van der Waals surface area contributed by atoms with E-state index in [-0.39, 0.29) is 30.6 Å². The van der Waals surface area contributed by atoms with E-state index < -0.39 is 5.82 Å². The number of hydrogen-bond acceptors (Lipinski definition) is 3. The molecule has 5 nitrogen and oxygen atoms in total. The average Bonchev–Trinajstić information content (AvgIpc) is 2.69. The molecule has 1 heterocycles. The third-order valence-corrected chi connectivity index (χ3v) is 4.35. The van der Waals surface area contributed by atoms with Crippen molar-refractivity contribution in [1.29, 1.82) is 0 Å². The van der Waals surface area contributed by atoms with Crippen LogP contribution in [0, 0.1) is 5.82 Å². The second kappa shape index (κ2) is 8.47. The number of nitrogens with zero attached hydrogens (tertiary/aromatic N) is 2. The van der Waals surface area contributed by atoms with Gasteiger partial charge in [-0.1, -0.05) is 30.3 Å². The summed E-state index contributed by atoms with van der Waals surface area (Å²) < 4.78 is 18.8. The molecule has 0 radical (unpaired) electrons. The van der Waals surface area contributed by atoms with Gasteiger partial charge in [0.25, 0.3) is 5.91 Å². The molecule has 2 amide bonds. The Morgan fingerprint density at radius 2 is 1.50 bits per heavy atom. The van der Waals surface area contributed by atoms with Gasteiger partial charge < -0.3 is 14.5 Å². The molecule has 0 spiro atoms. The van der Waals surface area contributed by atoms with Gasteiger partial charge in [0.15, 0.2) is 11.6 Å². The lowest BCUT2D eigenvalue weighted by Crippen LogP contribution is -2.50. The first-order valence-electron chi connectivity index (χ1n) is 8.64. The van der Waals surface area contributed by atoms with E-state index in [4.69, 9.17) is 4.74 Å². The van der Waals surface area contributed by atoms with Crippen molar-refractivity contribution < 1.29 is 18.7 Å². The van der Waals surface area contributed by atoms with Crippen LogP contribution in [0.3, 0.4) is 0 Å². The fourth-order valence-corrected chi connectivity index (χ4v) is 2.89. The summed E-state index contributed by atoms with van der Waals surface area (Å²) in [5.74, 6) is -0.347. The Morgan fingerprint density at radius 1 is 0.885 bits per heavy atom. The van der Waals surface area contributed by atoms with Gasteiger partial charge in [-0.25, -0.2) is 4.39 Å². The van der Waals surface area contributed by atoms with Gasteiger partial charge in [-0.3, -0.25) is 9.59 Å². The van der Waals surface area contributed by atoms with Gasteiger partial charge in [-0.05, 0) is 24.3 Å². The van der Waals surface area contributed by atoms with Gasteiger partial charge in [0.2, 0.25) is 5.91 Å². The van der Waals surface area contributed by atoms with Crippen molar-refractivity contribution in [2.75, 3.05) is 32.8 Å². The Labute approximate surface area is 152 Å². The summed E-state index contributed by atoms with van der Waals surface area (Å²) >= 11 is 0. The Morgan fingerprint density at radius 3 is 2.19 bits per heavy atom. The fourth-order valence-electron chi connectivity index (χ4n) is 2.89. The monoisotopic (exact) mass is 356 g/mol. The van der Waals surface area contributed by atoms with Crippen molar-refractivity contribution in [1.82, 2.24) is 9.80 Å². The molecular formula is C20H21FN2O3. The number of carbonyl (C=O) groups excluding carboxylic acids is 2. The number of rotatable bonds is 5. The van der Waals surface area contributed by atoms with E-state index in [2.05, 4.69) is 0 Å². The van der Waals surface area contributed by atoms with Gasteiger partial charge in [-0.15, -0.1) is 0 Å². The molecule has 0 aromatic heterocycles. The molecule has 26 heavy (non-hydrogen) atoms. The van der Waals surface area contributed by atoms with Gasteiger partial charge in [0.05, 0.1) is 13.0 Å². The number of hydrogen-bond donors (Lipinski definition) is 0. The molecule has 2 aromatic rings. The summed E-state index contributed by atoms with van der Waals surface area (Å²) in [5.41, 5.74) is 0.658. The van der Waals surface area contributed by atoms with Crippen molar-refractivity contribution in [3.05, 3.63) is 66.0 Å². The lowest BCUT2D eigenvalue weighted by Gasteiger charge is -2.34. The Kier molecular flexibility index (Phi) is 5.84. The van der Waals surface area contributed by atoms with Crippen LogP contribution in [0.25, 0.3) is 0 Å². The topological polar surface area (TPSA) is 49.9 Å². The molecule has 2 aromatic carbocycles. The zero-order valence-electron chi connectivity index (χ0n) is 14.4. The lowest BCUT2D eigenvalue weighted by molar-refractivity contribution is -0.133. The SMILES string of the molecule is O=C(CCOc1ccccc1F)N1CCN(C(=O)c2ccccc2)CC1. The Hall–Kier alpha value is -2.89. The molecule has 0 saturated carbocycles. The predicted octanol–water partition coefficient (Wildman–Crippen LogP) is 2.58. The largest absolute Gasteiger partial charge is 0.490 e. The average molecular weight is 356 g/mol. The first-order chi connectivity index (χ1) is 12.6. The second-order valence-electron chi connectivity index (χ2n) is 6.07. The molecule has 1 aliphatic heterocycles. The molecule has 136 valence electrons. The molecule has 1 fully saturated rings. The smallest absolute Gasteiger partial charge is 0.253 e. The summed E-state index contributed by atoms with van der Waals surface area (Å²) in [4.78, 5) is 28.2. The molecule has 0 N–H and O–H groups in total. The molecule has 1 aliphatic rings. The van der Waals surface area contributed by atoms with E-state index in [1.165, 1.54) is 12.1 Å². The number of ether oxygens (including phenoxy) is 1. The molecule has 0 atom stereocenters. The van der Waals surface area contributed by atoms with E-state index in [1.807, 2.05) is 18.2 Å². The molecule has 6 heteroatoms. The number of benzene rings is 2. The zero-order chi connectivity index (χ0) is 18.4. The standard InChI is InChI=1S/C20H21FN2O3/c21-17-8-4-5-9-18(17)26-15-10-19(24)22-11-13-23(14-12-22)20(25)16-6-2-1-3-7-16/h1-9H,10-15H2. The molecule has 0 unspecified atom stereocenters. The minimum atomic E-state index is -0.437. The summed E-state index contributed by atoms with van der Waals surface area (Å²) in [7, 11) is 0. The molecule has 3 rings (SSSR count). The molecule has 0 aliphatic carbocycles. The van der Waals surface area contributed by atoms with Crippen molar-refractivity contribution in [2.45, 2.75) is 6.42 Å². The summed E-state index contributed by atoms with van der Waals surface area (Å²) in [5, 5.41) is 0. The zero-order valence-corrected chi connectivity index (χ0v) is 14.4. The van der Waals surface area contributed by atoms with E-state index >= 15 is 0 Å². The maximum Gasteiger partial charge on any atom is 0.253 e. The van der Waals surface area contributed by atoms with Gasteiger partial charge in [0.1, 0.15) is 0 Å². The number of amides is 2. The highest BCUT2D eigenvalue weighted by molar-refractivity contribution is 5.94. The Balaban J connectivity index is 1.43. The van der Waals surface area contributed by atoms with Crippen molar-refractivity contribution in [3.8, 4) is 5.75 Å². The highest BCUT2D eigenvalue weighted by Crippen LogP contribution is 2.16. The van der Waals surface area contributed by atoms with E-state index in [0.29, 0.717) is 31.7 Å². The van der Waals surface area contributed by atoms with Gasteiger partial charge in [0, 0.05) is 31.7 Å². The Bertz CT molecular complexity index is 759. The predicted molar refractivity (Wildman–Crippen MR) is 95.4 cm³/mol. The van der Waals surface area contributed by atoms with Crippen molar-refractivity contribution >= 4 is 11.8 Å². The van der Waals surface area contributed by atoms with Crippen LogP contribution in [0.15, 0.2) is 54.6 Å². The van der Waals surface area contributed by atoms with Crippen LogP contribution in [-0.4, -0.2) is 54.4 Å². The summed E-state index contributed by atoms with van der Waals surface area (Å²) in [6.45, 7) is 2.14. The minimum absolute atomic E-state index is 0.0133. The summed E-state index contributed by atoms with van der Waals surface area (Å²) in [6.07, 6.45) is 0.182. The van der Waals surface area contributed by atoms with Crippen LogP contribution in [0.5, 0.6) is 5.75 Å². The highest BCUT2D eigenvalue weighted by Gasteiger charge is 2.24. The maximum absolute atomic E-state index is 13.5. The number of para-hydroxylation sites is 1. The van der Waals surface area contributed by atoms with Crippen LogP contribution in [0.1, 0.15) is 16.8 Å². The van der Waals surface area contributed by atoms with Gasteiger partial charge >= 0.3 is 0 Å². The number of carbonyl (C=O) groups is 2. The third kappa shape index (κ3) is 4.39. The van der Waals surface area contributed by atoms with Crippen LogP contribution in [0.4, 0.5) is 4.39 Å². The third-order valence-electron chi connectivity index (χ3n) is 4.35. The minimum Gasteiger partial charge on any atom is -0.490 e. The van der Waals surface area contributed by atoms with E-state index in [0.717, 1.165) is 0 Å². The van der Waals surface area contributed by atoms with Crippen LogP contribution >= 0.6 is 0 Å². The first-order valence-corrected chi connectivity index (χ1v) is 8.64. The van der Waals surface area contributed by atoms with E-state index in [1.54, 1.807) is 34.1 Å². The lowest BCUT2D eigenvalue weighted by atomic mass is 10.2. The van der Waals surface area contributed by atoms with Gasteiger partial charge in [-0.2, -0.15) is 0 Å². The van der Waals surface area contributed by atoms with Crippen molar-refractivity contribution in [2.24, 2.45) is 0 Å². The van der Waals surface area contributed by atoms with Crippen molar-refractivity contribution in [3.63, 3.8) is 0 Å². The second-order valence-corrected chi connectivity index (χ2v) is 6.07. The molecule has 1 saturated heterocycles. The normalized spacial score (nSPS) is 14.2. The number of halogens is 1. The van der Waals surface area contributed by atoms with E-state index in [9.17, 15) is 14.0 Å². The van der Waals surface area contributed by atoms with Crippen LogP contribution < -0.4 is 4.74 Å². The van der Waals surface area contributed by atoms with Crippen LogP contribution in [-0.2, 0) is 4.79 Å². The molecule has 0 bridgehead atoms. The number of piperazine rings is 1. The van der Waals surface area contributed by atoms with Crippen LogP contribution in [0.2, 0.25) is 0 Å².